The molecule has 0 radical (unpaired) electrons. The number of ether oxygens (including phenoxy) is 1. The lowest BCUT2D eigenvalue weighted by molar-refractivity contribution is 0.0649. The molecule has 0 amide bonds. The molecule has 4 heterocycles. The van der Waals surface area contributed by atoms with Gasteiger partial charge in [0.05, 0.1) is 12.2 Å². The Hall–Kier alpha value is -3.21. The van der Waals surface area contributed by atoms with Gasteiger partial charge in [-0.1, -0.05) is 0 Å². The molecule has 1 aliphatic heterocycles. The molecule has 2 fully saturated rings. The van der Waals surface area contributed by atoms with Gasteiger partial charge in [0, 0.05) is 25.0 Å². The van der Waals surface area contributed by atoms with Crippen LogP contribution in [0.15, 0.2) is 16.0 Å². The fourth-order valence-corrected chi connectivity index (χ4v) is 3.58. The second-order valence-corrected chi connectivity index (χ2v) is 7.80. The topological polar surface area (TPSA) is 146 Å². The summed E-state index contributed by atoms with van der Waals surface area (Å²) in [7, 11) is 0. The van der Waals surface area contributed by atoms with Crippen molar-refractivity contribution in [3.8, 4) is 5.88 Å². The van der Waals surface area contributed by atoms with Crippen LogP contribution >= 0.6 is 0 Å². The normalized spacial score (nSPS) is 19.1. The Kier molecular flexibility index (Phi) is 4.95. The van der Waals surface area contributed by atoms with E-state index < -0.39 is 5.69 Å². The summed E-state index contributed by atoms with van der Waals surface area (Å²) in [5.74, 6) is 0.917. The number of aromatic nitrogens is 6. The maximum atomic E-state index is 11.4. The van der Waals surface area contributed by atoms with Crippen molar-refractivity contribution >= 4 is 17.7 Å². The first kappa shape index (κ1) is 18.8. The Labute approximate surface area is 170 Å². The Bertz CT molecular complexity index is 1220. The summed E-state index contributed by atoms with van der Waals surface area (Å²) in [6.45, 7) is 2.43. The van der Waals surface area contributed by atoms with Gasteiger partial charge < -0.3 is 20.1 Å². The van der Waals surface area contributed by atoms with E-state index in [1.54, 1.807) is 16.8 Å². The van der Waals surface area contributed by atoms with Gasteiger partial charge in [-0.25, -0.2) is 9.79 Å². The number of fused-ring (bicyclic) bond motifs is 1. The van der Waals surface area contributed by atoms with E-state index in [0.717, 1.165) is 51.9 Å². The molecule has 11 heteroatoms. The SMILES string of the molecule is O=c1[nH]c(O)c(C=c2cnn3c(=NC4CC4)nc(NCCC4CCOCC4)nc23)[nH]1. The van der Waals surface area contributed by atoms with E-state index in [0.29, 0.717) is 28.4 Å². The van der Waals surface area contributed by atoms with Crippen molar-refractivity contribution in [3.05, 3.63) is 33.2 Å². The maximum absolute atomic E-state index is 11.4. The van der Waals surface area contributed by atoms with Crippen LogP contribution in [-0.2, 0) is 4.74 Å². The van der Waals surface area contributed by atoms with E-state index in [-0.39, 0.29) is 17.6 Å². The smallest absolute Gasteiger partial charge is 0.326 e. The van der Waals surface area contributed by atoms with Crippen LogP contribution in [0.25, 0.3) is 11.7 Å². The highest BCUT2D eigenvalue weighted by molar-refractivity contribution is 5.57. The van der Waals surface area contributed by atoms with Gasteiger partial charge >= 0.3 is 5.69 Å². The van der Waals surface area contributed by atoms with Crippen molar-refractivity contribution in [2.75, 3.05) is 25.1 Å². The minimum absolute atomic E-state index is 0.230. The van der Waals surface area contributed by atoms with E-state index in [4.69, 9.17) is 4.74 Å². The number of rotatable bonds is 6. The fraction of sp³-hybridized carbons (Fsp3) is 0.526. The highest BCUT2D eigenvalue weighted by Crippen LogP contribution is 2.22. The highest BCUT2D eigenvalue weighted by atomic mass is 16.5. The summed E-state index contributed by atoms with van der Waals surface area (Å²) in [6.07, 6.45) is 8.55. The first-order valence-electron chi connectivity index (χ1n) is 10.3. The highest BCUT2D eigenvalue weighted by Gasteiger charge is 2.21. The van der Waals surface area contributed by atoms with E-state index in [2.05, 4.69) is 35.3 Å². The standard InChI is InChI=1S/C19H24N8O3/c28-16-14(23-19(29)25-16)9-12-10-21-27-15(12)24-17(26-18(27)22-13-1-2-13)20-6-3-11-4-7-30-8-5-11/h9-11,13,28H,1-8H2,(H,20,22,26)(H2,23,25,29). The fourth-order valence-electron chi connectivity index (χ4n) is 3.58. The summed E-state index contributed by atoms with van der Waals surface area (Å²) in [6, 6.07) is 0.278. The van der Waals surface area contributed by atoms with Gasteiger partial charge in [-0.15, -0.1) is 0 Å². The molecule has 1 aliphatic carbocycles. The first-order chi connectivity index (χ1) is 14.7. The van der Waals surface area contributed by atoms with E-state index in [1.807, 2.05) is 0 Å². The van der Waals surface area contributed by atoms with Crippen molar-refractivity contribution in [2.24, 2.45) is 10.9 Å². The number of imidazole rings is 1. The molecule has 0 unspecified atom stereocenters. The van der Waals surface area contributed by atoms with Crippen LogP contribution in [0.5, 0.6) is 5.88 Å². The van der Waals surface area contributed by atoms with Gasteiger partial charge in [0.2, 0.25) is 11.8 Å². The number of nitrogens with one attached hydrogen (secondary N) is 3. The van der Waals surface area contributed by atoms with Crippen LogP contribution in [0, 0.1) is 5.92 Å². The number of hydrogen-bond donors (Lipinski definition) is 4. The molecule has 5 rings (SSSR count). The Morgan fingerprint density at radius 1 is 1.27 bits per heavy atom. The third-order valence-corrected chi connectivity index (χ3v) is 5.43. The largest absolute Gasteiger partial charge is 0.493 e. The number of hydrogen-bond acceptors (Lipinski definition) is 8. The van der Waals surface area contributed by atoms with Crippen LogP contribution in [0.1, 0.15) is 37.8 Å². The Balaban J connectivity index is 1.48. The molecule has 30 heavy (non-hydrogen) atoms. The van der Waals surface area contributed by atoms with Gasteiger partial charge in [0.15, 0.2) is 5.65 Å². The Morgan fingerprint density at radius 2 is 2.10 bits per heavy atom. The summed E-state index contributed by atoms with van der Waals surface area (Å²) >= 11 is 0. The van der Waals surface area contributed by atoms with Gasteiger partial charge in [-0.2, -0.15) is 19.6 Å². The summed E-state index contributed by atoms with van der Waals surface area (Å²) < 4.78 is 7.01. The number of anilines is 1. The second-order valence-electron chi connectivity index (χ2n) is 7.80. The quantitative estimate of drug-likeness (QED) is 0.434. The molecular weight excluding hydrogens is 388 g/mol. The number of H-pyrrole nitrogens is 2. The monoisotopic (exact) mass is 412 g/mol. The minimum atomic E-state index is -0.482. The lowest BCUT2D eigenvalue weighted by atomic mass is 9.97. The van der Waals surface area contributed by atoms with Crippen LogP contribution in [0.3, 0.4) is 0 Å². The van der Waals surface area contributed by atoms with Crippen LogP contribution in [-0.4, -0.2) is 60.5 Å². The van der Waals surface area contributed by atoms with Crippen LogP contribution < -0.4 is 21.8 Å². The molecule has 0 atom stereocenters. The molecule has 0 bridgehead atoms. The van der Waals surface area contributed by atoms with E-state index >= 15 is 0 Å². The predicted molar refractivity (Wildman–Crippen MR) is 108 cm³/mol. The van der Waals surface area contributed by atoms with Gasteiger partial charge in [-0.3, -0.25) is 4.98 Å². The minimum Gasteiger partial charge on any atom is -0.493 e. The molecule has 3 aromatic rings. The number of aromatic hydroxyl groups is 1. The lowest BCUT2D eigenvalue weighted by Gasteiger charge is -2.21. The van der Waals surface area contributed by atoms with Crippen molar-refractivity contribution in [1.82, 2.24) is 29.5 Å². The molecule has 0 spiro atoms. The number of nitrogens with zero attached hydrogens (tertiary/aromatic N) is 5. The number of aromatic amines is 2. The molecule has 1 saturated carbocycles. The van der Waals surface area contributed by atoms with Crippen molar-refractivity contribution in [2.45, 2.75) is 38.1 Å². The van der Waals surface area contributed by atoms with Crippen LogP contribution in [0.2, 0.25) is 0 Å². The zero-order valence-electron chi connectivity index (χ0n) is 16.5. The zero-order valence-corrected chi connectivity index (χ0v) is 16.5. The predicted octanol–water partition coefficient (Wildman–Crippen LogP) is -0.314. The average molecular weight is 412 g/mol. The average Bonchev–Trinajstić information content (AvgIpc) is 3.37. The van der Waals surface area contributed by atoms with Gasteiger partial charge in [0.1, 0.15) is 5.69 Å². The Morgan fingerprint density at radius 3 is 2.83 bits per heavy atom. The first-order valence-corrected chi connectivity index (χ1v) is 10.3. The lowest BCUT2D eigenvalue weighted by Crippen LogP contribution is -2.25. The zero-order chi connectivity index (χ0) is 20.5. The third-order valence-electron chi connectivity index (χ3n) is 5.43. The molecule has 1 saturated heterocycles. The molecule has 11 nitrogen and oxygen atoms in total. The van der Waals surface area contributed by atoms with Gasteiger partial charge in [-0.05, 0) is 44.1 Å². The molecule has 2 aliphatic rings. The second kappa shape index (κ2) is 7.90. The van der Waals surface area contributed by atoms with E-state index in [1.165, 1.54) is 0 Å². The van der Waals surface area contributed by atoms with Crippen molar-refractivity contribution in [1.29, 1.82) is 0 Å². The molecule has 4 N–H and O–H groups in total. The van der Waals surface area contributed by atoms with E-state index in [9.17, 15) is 9.90 Å². The van der Waals surface area contributed by atoms with Crippen molar-refractivity contribution in [3.63, 3.8) is 0 Å². The molecule has 3 aromatic heterocycles. The van der Waals surface area contributed by atoms with Gasteiger partial charge in [0.25, 0.3) is 5.62 Å². The van der Waals surface area contributed by atoms with Crippen LogP contribution in [0.4, 0.5) is 5.95 Å². The molecule has 158 valence electrons. The molecule has 0 aromatic carbocycles. The summed E-state index contributed by atoms with van der Waals surface area (Å²) in [5.41, 5.74) is 0.842. The van der Waals surface area contributed by atoms with Crippen molar-refractivity contribution < 1.29 is 9.84 Å². The molecular formula is C19H24N8O3. The third kappa shape index (κ3) is 4.06. The maximum Gasteiger partial charge on any atom is 0.326 e. The summed E-state index contributed by atoms with van der Waals surface area (Å²) in [5, 5.41) is 18.2. The summed E-state index contributed by atoms with van der Waals surface area (Å²) in [4.78, 5) is 30.1.